The molecule has 0 aliphatic carbocycles. The van der Waals surface area contributed by atoms with Crippen molar-refractivity contribution in [2.45, 2.75) is 58.0 Å². The molecule has 0 bridgehead atoms. The Labute approximate surface area is 192 Å². The van der Waals surface area contributed by atoms with Crippen LogP contribution in [0.3, 0.4) is 0 Å². The summed E-state index contributed by atoms with van der Waals surface area (Å²) in [5, 5.41) is 12.4. The van der Waals surface area contributed by atoms with E-state index in [-0.39, 0.29) is 18.9 Å². The number of hydrogen-bond donors (Lipinski definition) is 1. The van der Waals surface area contributed by atoms with E-state index in [0.717, 1.165) is 43.0 Å². The minimum absolute atomic E-state index is 0.0971. The minimum Gasteiger partial charge on any atom is -0.378 e. The molecule has 2 fully saturated rings. The Hall–Kier alpha value is -2.79. The van der Waals surface area contributed by atoms with Gasteiger partial charge in [0.25, 0.3) is 0 Å². The fourth-order valence-corrected chi connectivity index (χ4v) is 4.51. The molecule has 0 saturated carbocycles. The molecule has 2 aliphatic heterocycles. The summed E-state index contributed by atoms with van der Waals surface area (Å²) < 4.78 is 28.8. The molecule has 178 valence electrons. The van der Waals surface area contributed by atoms with Gasteiger partial charge in [-0.1, -0.05) is 0 Å². The molecule has 10 nitrogen and oxygen atoms in total. The van der Waals surface area contributed by atoms with Crippen molar-refractivity contribution < 1.29 is 13.9 Å². The number of alkyl halides is 1. The number of halogens is 1. The number of fused-ring (bicyclic) bond motifs is 1. The van der Waals surface area contributed by atoms with Crippen molar-refractivity contribution in [3.63, 3.8) is 0 Å². The summed E-state index contributed by atoms with van der Waals surface area (Å²) in [5.41, 5.74) is 2.31. The van der Waals surface area contributed by atoms with Crippen LogP contribution in [-0.2, 0) is 9.47 Å². The minimum atomic E-state index is -1.08. The van der Waals surface area contributed by atoms with E-state index in [1.807, 2.05) is 30.8 Å². The second-order valence-corrected chi connectivity index (χ2v) is 8.58. The summed E-state index contributed by atoms with van der Waals surface area (Å²) in [6.07, 6.45) is 8.24. The number of piperidine rings is 1. The molecule has 3 aromatic heterocycles. The quantitative estimate of drug-likeness (QED) is 0.577. The van der Waals surface area contributed by atoms with Gasteiger partial charge >= 0.3 is 0 Å². The van der Waals surface area contributed by atoms with Gasteiger partial charge in [-0.3, -0.25) is 0 Å². The smallest absolute Gasteiger partial charge is 0.243 e. The van der Waals surface area contributed by atoms with Crippen molar-refractivity contribution in [3.8, 4) is 11.3 Å². The third-order valence-electron chi connectivity index (χ3n) is 6.27. The van der Waals surface area contributed by atoms with Crippen molar-refractivity contribution >= 4 is 17.4 Å². The zero-order valence-corrected chi connectivity index (χ0v) is 19.2. The summed E-state index contributed by atoms with van der Waals surface area (Å²) in [6.45, 7) is 7.01. The van der Waals surface area contributed by atoms with Crippen LogP contribution in [0.5, 0.6) is 0 Å². The van der Waals surface area contributed by atoms with E-state index < -0.39 is 6.17 Å². The number of nitrogens with zero attached hydrogens (tertiary/aromatic N) is 7. The molecule has 3 atom stereocenters. The van der Waals surface area contributed by atoms with Gasteiger partial charge < -0.3 is 19.7 Å². The Bertz CT molecular complexity index is 1080. The van der Waals surface area contributed by atoms with E-state index in [1.165, 1.54) is 6.42 Å². The average Bonchev–Trinajstić information content (AvgIpc) is 3.48. The van der Waals surface area contributed by atoms with Crippen LogP contribution in [0.15, 0.2) is 18.6 Å². The van der Waals surface area contributed by atoms with Crippen LogP contribution in [0.2, 0.25) is 0 Å². The zero-order valence-electron chi connectivity index (χ0n) is 19.2. The van der Waals surface area contributed by atoms with Crippen molar-refractivity contribution in [2.24, 2.45) is 0 Å². The van der Waals surface area contributed by atoms with Gasteiger partial charge in [-0.05, 0) is 39.5 Å². The van der Waals surface area contributed by atoms with Crippen LogP contribution in [0.4, 0.5) is 16.2 Å². The fourth-order valence-electron chi connectivity index (χ4n) is 4.51. The summed E-state index contributed by atoms with van der Waals surface area (Å²) in [4.78, 5) is 11.7. The van der Waals surface area contributed by atoms with Crippen LogP contribution in [-0.4, -0.2) is 74.5 Å². The second kappa shape index (κ2) is 9.60. The van der Waals surface area contributed by atoms with Crippen molar-refractivity contribution in [1.29, 1.82) is 0 Å². The second-order valence-electron chi connectivity index (χ2n) is 8.58. The fraction of sp³-hybridized carbons (Fsp3) is 0.636. The lowest BCUT2D eigenvalue weighted by molar-refractivity contribution is 0.0160. The van der Waals surface area contributed by atoms with Crippen molar-refractivity contribution in [1.82, 2.24) is 29.4 Å². The van der Waals surface area contributed by atoms with Crippen LogP contribution in [0.1, 0.15) is 45.8 Å². The van der Waals surface area contributed by atoms with Gasteiger partial charge in [-0.15, -0.1) is 5.10 Å². The third kappa shape index (κ3) is 4.51. The Balaban J connectivity index is 1.53. The van der Waals surface area contributed by atoms with Crippen molar-refractivity contribution in [2.75, 3.05) is 43.1 Å². The van der Waals surface area contributed by atoms with Gasteiger partial charge in [0.05, 0.1) is 25.0 Å². The Morgan fingerprint density at radius 1 is 1.27 bits per heavy atom. The van der Waals surface area contributed by atoms with Gasteiger partial charge in [-0.2, -0.15) is 14.6 Å². The average molecular weight is 459 g/mol. The Kier molecular flexibility index (Phi) is 6.41. The number of anilines is 2. The third-order valence-corrected chi connectivity index (χ3v) is 6.27. The van der Waals surface area contributed by atoms with Gasteiger partial charge in [-0.25, -0.2) is 14.1 Å². The maximum absolute atomic E-state index is 14.3. The van der Waals surface area contributed by atoms with Crippen LogP contribution in [0.25, 0.3) is 16.9 Å². The normalized spacial score (nSPS) is 22.6. The van der Waals surface area contributed by atoms with Gasteiger partial charge in [0.2, 0.25) is 5.95 Å². The summed E-state index contributed by atoms with van der Waals surface area (Å²) >= 11 is 0. The predicted molar refractivity (Wildman–Crippen MR) is 122 cm³/mol. The van der Waals surface area contributed by atoms with E-state index in [1.54, 1.807) is 10.9 Å². The molecule has 11 heteroatoms. The van der Waals surface area contributed by atoms with Gasteiger partial charge in [0.15, 0.2) is 11.5 Å². The van der Waals surface area contributed by atoms with Crippen LogP contribution >= 0.6 is 0 Å². The lowest BCUT2D eigenvalue weighted by Crippen LogP contribution is -2.39. The first kappa shape index (κ1) is 22.0. The number of ether oxygens (including phenoxy) is 2. The molecule has 0 amide bonds. The first-order valence-corrected chi connectivity index (χ1v) is 11.8. The molecule has 0 radical (unpaired) electrons. The Morgan fingerprint density at radius 3 is 2.91 bits per heavy atom. The molecule has 5 heterocycles. The Morgan fingerprint density at radius 2 is 2.12 bits per heavy atom. The van der Waals surface area contributed by atoms with Crippen LogP contribution < -0.4 is 10.2 Å². The molecule has 1 N–H and O–H groups in total. The molecule has 5 rings (SSSR count). The summed E-state index contributed by atoms with van der Waals surface area (Å²) in [7, 11) is 0. The van der Waals surface area contributed by atoms with E-state index in [0.29, 0.717) is 31.2 Å². The molecule has 2 saturated heterocycles. The highest BCUT2D eigenvalue weighted by molar-refractivity contribution is 5.74. The molecule has 33 heavy (non-hydrogen) atoms. The summed E-state index contributed by atoms with van der Waals surface area (Å²) in [5.74, 6) is 1.29. The molecular weight excluding hydrogens is 427 g/mol. The maximum atomic E-state index is 14.3. The number of hydrogen-bond acceptors (Lipinski definition) is 8. The monoisotopic (exact) mass is 458 g/mol. The maximum Gasteiger partial charge on any atom is 0.243 e. The van der Waals surface area contributed by atoms with Crippen molar-refractivity contribution in [3.05, 3.63) is 18.6 Å². The predicted octanol–water partition coefficient (Wildman–Crippen LogP) is 3.07. The molecule has 1 unspecified atom stereocenters. The molecular formula is C22H31FN8O2. The number of nitrogens with one attached hydrogen (secondary N) is 1. The van der Waals surface area contributed by atoms with Gasteiger partial charge in [0, 0.05) is 38.1 Å². The molecule has 2 aliphatic rings. The topological polar surface area (TPSA) is 94.6 Å². The van der Waals surface area contributed by atoms with Gasteiger partial charge in [0.1, 0.15) is 18.1 Å². The molecule has 0 aromatic carbocycles. The highest BCUT2D eigenvalue weighted by Gasteiger charge is 2.28. The highest BCUT2D eigenvalue weighted by Crippen LogP contribution is 2.32. The largest absolute Gasteiger partial charge is 0.378 e. The first-order chi connectivity index (χ1) is 16.1. The molecule has 0 spiro atoms. The lowest BCUT2D eigenvalue weighted by atomic mass is 10.1. The highest BCUT2D eigenvalue weighted by atomic mass is 19.1. The SMILES string of the molecule is CCOC(C)n1cc(-c2ncc3nc(N[C@H]4CCOC[C@H]4F)nn3c2N2CCCCC2)cn1. The molecule has 3 aromatic rings. The summed E-state index contributed by atoms with van der Waals surface area (Å²) in [6, 6.07) is -0.361. The lowest BCUT2D eigenvalue weighted by Gasteiger charge is -2.29. The van der Waals surface area contributed by atoms with E-state index in [9.17, 15) is 4.39 Å². The first-order valence-electron chi connectivity index (χ1n) is 11.8. The van der Waals surface area contributed by atoms with E-state index in [4.69, 9.17) is 19.6 Å². The number of aromatic nitrogens is 6. The van der Waals surface area contributed by atoms with E-state index in [2.05, 4.69) is 20.3 Å². The number of rotatable bonds is 7. The van der Waals surface area contributed by atoms with E-state index >= 15 is 0 Å². The standard InChI is InChI=1S/C22H31FN8O2/c1-3-33-15(2)30-13-16(11-25-30)20-21(29-8-5-4-6-9-29)31-19(12-24-20)27-22(28-31)26-18-7-10-32-14-17(18)23/h11-13,15,17-18H,3-10,14H2,1-2H3,(H,26,28)/t15?,17-,18+/m1/s1. The van der Waals surface area contributed by atoms with Crippen LogP contribution in [0, 0.1) is 0 Å². The zero-order chi connectivity index (χ0) is 22.8.